The molecule has 0 radical (unpaired) electrons. The third-order valence-corrected chi connectivity index (χ3v) is 5.82. The van der Waals surface area contributed by atoms with Crippen molar-refractivity contribution in [2.75, 3.05) is 0 Å². The molecular weight excluding hydrogens is 362 g/mol. The van der Waals surface area contributed by atoms with E-state index in [1.165, 1.54) is 15.5 Å². The van der Waals surface area contributed by atoms with Crippen LogP contribution in [0, 0.1) is 0 Å². The second-order valence-electron chi connectivity index (χ2n) is 5.92. The lowest BCUT2D eigenvalue weighted by atomic mass is 10.1. The van der Waals surface area contributed by atoms with Gasteiger partial charge in [0.15, 0.2) is 11.0 Å². The topological polar surface area (TPSA) is 38.7 Å². The van der Waals surface area contributed by atoms with Gasteiger partial charge < -0.3 is 0 Å². The van der Waals surface area contributed by atoms with Gasteiger partial charge in [-0.25, -0.2) is 4.98 Å². The van der Waals surface area contributed by atoms with Crippen LogP contribution in [-0.2, 0) is 0 Å². The van der Waals surface area contributed by atoms with Crippen LogP contribution in [0.1, 0.15) is 0 Å². The van der Waals surface area contributed by atoms with Crippen molar-refractivity contribution in [3.63, 3.8) is 0 Å². The summed E-state index contributed by atoms with van der Waals surface area (Å²) in [5.41, 5.74) is 2.46. The largest absolute Gasteiger partial charge is 0.212 e. The average molecular weight is 374 g/mol. The van der Waals surface area contributed by atoms with Crippen LogP contribution in [0.2, 0.25) is 5.15 Å². The van der Waals surface area contributed by atoms with Crippen LogP contribution in [0.5, 0.6) is 0 Å². The molecular formula is C21H12ClN3S. The highest BCUT2D eigenvalue weighted by Crippen LogP contribution is 2.39. The van der Waals surface area contributed by atoms with Gasteiger partial charge in [0.25, 0.3) is 0 Å². The van der Waals surface area contributed by atoms with Gasteiger partial charge in [0, 0.05) is 31.3 Å². The van der Waals surface area contributed by atoms with Gasteiger partial charge in [-0.1, -0.05) is 72.3 Å². The Morgan fingerprint density at radius 1 is 0.731 bits per heavy atom. The van der Waals surface area contributed by atoms with E-state index in [1.807, 2.05) is 42.5 Å². The quantitative estimate of drug-likeness (QED) is 0.368. The Hall–Kier alpha value is -2.82. The van der Waals surface area contributed by atoms with Gasteiger partial charge in [0.1, 0.15) is 5.69 Å². The minimum atomic E-state index is 0.360. The Labute approximate surface area is 158 Å². The predicted molar refractivity (Wildman–Crippen MR) is 109 cm³/mol. The maximum absolute atomic E-state index is 6.43. The van der Waals surface area contributed by atoms with Gasteiger partial charge in [0.2, 0.25) is 0 Å². The first kappa shape index (κ1) is 15.4. The van der Waals surface area contributed by atoms with Crippen molar-refractivity contribution in [3.05, 3.63) is 77.9 Å². The highest BCUT2D eigenvalue weighted by Gasteiger charge is 2.15. The Morgan fingerprint density at radius 2 is 1.50 bits per heavy atom. The molecule has 0 saturated carbocycles. The lowest BCUT2D eigenvalue weighted by Crippen LogP contribution is -1.97. The Balaban J connectivity index is 1.70. The summed E-state index contributed by atoms with van der Waals surface area (Å²) in [7, 11) is 0. The fourth-order valence-corrected chi connectivity index (χ4v) is 4.56. The van der Waals surface area contributed by atoms with Gasteiger partial charge in [-0.2, -0.15) is 0 Å². The molecule has 3 nitrogen and oxygen atoms in total. The second kappa shape index (κ2) is 6.16. The molecule has 5 rings (SSSR count). The fourth-order valence-electron chi connectivity index (χ4n) is 3.12. The van der Waals surface area contributed by atoms with Crippen molar-refractivity contribution < 1.29 is 0 Å². The Bertz CT molecular complexity index is 1250. The zero-order valence-corrected chi connectivity index (χ0v) is 15.1. The monoisotopic (exact) mass is 373 g/mol. The van der Waals surface area contributed by atoms with Gasteiger partial charge >= 0.3 is 0 Å². The number of benzene rings is 3. The van der Waals surface area contributed by atoms with Gasteiger partial charge in [-0.15, -0.1) is 21.5 Å². The number of hydrogen-bond donors (Lipinski definition) is 0. The smallest absolute Gasteiger partial charge is 0.184 e. The minimum absolute atomic E-state index is 0.360. The summed E-state index contributed by atoms with van der Waals surface area (Å²) in [5.74, 6) is 0.548. The van der Waals surface area contributed by atoms with Gasteiger partial charge in [-0.05, 0) is 12.1 Å². The second-order valence-corrected chi connectivity index (χ2v) is 7.33. The van der Waals surface area contributed by atoms with Crippen molar-refractivity contribution in [2.45, 2.75) is 0 Å². The van der Waals surface area contributed by atoms with Crippen molar-refractivity contribution in [1.82, 2.24) is 15.2 Å². The van der Waals surface area contributed by atoms with Crippen LogP contribution in [0.3, 0.4) is 0 Å². The van der Waals surface area contributed by atoms with Crippen molar-refractivity contribution >= 4 is 43.1 Å². The molecule has 0 fully saturated rings. The summed E-state index contributed by atoms with van der Waals surface area (Å²) in [6.07, 6.45) is 0. The van der Waals surface area contributed by atoms with Crippen LogP contribution in [0.15, 0.2) is 72.8 Å². The molecule has 0 saturated heterocycles. The maximum atomic E-state index is 6.43. The zero-order chi connectivity index (χ0) is 17.5. The average Bonchev–Trinajstić information content (AvgIpc) is 3.07. The van der Waals surface area contributed by atoms with Crippen LogP contribution >= 0.6 is 22.9 Å². The highest BCUT2D eigenvalue weighted by molar-refractivity contribution is 7.26. The molecule has 5 aromatic rings. The molecule has 0 bridgehead atoms. The molecule has 0 unspecified atom stereocenters. The summed E-state index contributed by atoms with van der Waals surface area (Å²) in [6.45, 7) is 0. The van der Waals surface area contributed by atoms with E-state index < -0.39 is 0 Å². The van der Waals surface area contributed by atoms with Crippen molar-refractivity contribution in [1.29, 1.82) is 0 Å². The number of aromatic nitrogens is 3. The molecule has 3 aromatic carbocycles. The molecule has 124 valence electrons. The van der Waals surface area contributed by atoms with E-state index in [0.29, 0.717) is 16.7 Å². The first-order chi connectivity index (χ1) is 12.8. The van der Waals surface area contributed by atoms with E-state index in [9.17, 15) is 0 Å². The summed E-state index contributed by atoms with van der Waals surface area (Å²) in [6, 6.07) is 24.3. The fraction of sp³-hybridized carbons (Fsp3) is 0. The zero-order valence-electron chi connectivity index (χ0n) is 13.6. The molecule has 0 aliphatic rings. The highest BCUT2D eigenvalue weighted by atomic mass is 35.5. The van der Waals surface area contributed by atoms with E-state index in [-0.39, 0.29) is 0 Å². The lowest BCUT2D eigenvalue weighted by molar-refractivity contribution is 0.989. The molecule has 0 N–H and O–H groups in total. The number of halogens is 1. The molecule has 0 amide bonds. The molecule has 2 aromatic heterocycles. The van der Waals surface area contributed by atoms with E-state index in [1.54, 1.807) is 11.3 Å². The first-order valence-corrected chi connectivity index (χ1v) is 9.37. The molecule has 0 spiro atoms. The number of hydrogen-bond acceptors (Lipinski definition) is 4. The Kier molecular flexibility index (Phi) is 3.66. The number of thiophene rings is 1. The van der Waals surface area contributed by atoms with Crippen LogP contribution in [0.4, 0.5) is 0 Å². The molecule has 0 aliphatic carbocycles. The molecule has 0 aliphatic heterocycles. The lowest BCUT2D eigenvalue weighted by Gasteiger charge is -2.05. The summed E-state index contributed by atoms with van der Waals surface area (Å²) in [4.78, 5) is 4.54. The molecule has 5 heteroatoms. The Morgan fingerprint density at radius 3 is 2.35 bits per heavy atom. The SMILES string of the molecule is Clc1nc(-c2cccc3c2sc2ccccc23)nnc1-c1ccccc1. The summed E-state index contributed by atoms with van der Waals surface area (Å²) in [5, 5.41) is 11.5. The van der Waals surface area contributed by atoms with E-state index in [2.05, 4.69) is 45.5 Å². The third-order valence-electron chi connectivity index (χ3n) is 4.34. The van der Waals surface area contributed by atoms with Gasteiger partial charge in [-0.3, -0.25) is 0 Å². The number of nitrogens with zero attached hydrogens (tertiary/aromatic N) is 3. The molecule has 2 heterocycles. The van der Waals surface area contributed by atoms with Crippen LogP contribution in [0.25, 0.3) is 42.8 Å². The maximum Gasteiger partial charge on any atom is 0.184 e. The van der Waals surface area contributed by atoms with Gasteiger partial charge in [0.05, 0.1) is 0 Å². The molecule has 0 atom stereocenters. The summed E-state index contributed by atoms with van der Waals surface area (Å²) < 4.78 is 2.40. The van der Waals surface area contributed by atoms with Crippen molar-refractivity contribution in [2.24, 2.45) is 0 Å². The number of fused-ring (bicyclic) bond motifs is 3. The summed E-state index contributed by atoms with van der Waals surface area (Å²) >= 11 is 8.17. The van der Waals surface area contributed by atoms with E-state index in [0.717, 1.165) is 15.8 Å². The van der Waals surface area contributed by atoms with E-state index >= 15 is 0 Å². The standard InChI is InChI=1S/C21H12ClN3S/c22-20-18(13-7-2-1-3-8-13)24-25-21(23-20)16-11-6-10-15-14-9-4-5-12-17(14)26-19(15)16/h1-12H. The van der Waals surface area contributed by atoms with Crippen molar-refractivity contribution in [3.8, 4) is 22.6 Å². The molecule has 26 heavy (non-hydrogen) atoms. The third kappa shape index (κ3) is 2.46. The predicted octanol–water partition coefficient (Wildman–Crippen LogP) is 6.23. The van der Waals surface area contributed by atoms with Crippen LogP contribution in [-0.4, -0.2) is 15.2 Å². The van der Waals surface area contributed by atoms with Crippen LogP contribution < -0.4 is 0 Å². The first-order valence-electron chi connectivity index (χ1n) is 8.17. The van der Waals surface area contributed by atoms with E-state index in [4.69, 9.17) is 11.6 Å². The minimum Gasteiger partial charge on any atom is -0.212 e. The normalized spacial score (nSPS) is 11.3. The number of rotatable bonds is 2.